The standard InChI is InChI=1S/C69H129NO10/c1-3-5-7-9-11-13-14-33-37-41-45-49-53-57-65(74)78-58-54-50-46-42-38-35-32-30-28-26-24-22-20-18-16-15-17-19-21-23-25-27-29-31-34-36-40-44-48-52-56-64(73)70-61(62(72)55-51-47-43-39-12-10-8-6-4-2)60-79-69-68(77)67(76)66(75)63(59-71)80-69/h12,16,18,39,51,55,61-63,66-69,71-72,75-77H,3-11,13-15,17,19-38,40-50,52-54,56-60H2,1-2H3,(H,70,73)/b18-16-,39-12+,55-51+. The maximum absolute atomic E-state index is 13.0. The van der Waals surface area contributed by atoms with Crippen molar-refractivity contribution in [1.82, 2.24) is 5.32 Å². The SMILES string of the molecule is CCCCC/C=C/CC/C=C/C(O)C(COC1OC(CO)C(O)C(O)C1O)NC(=O)CCCCCCCCCCCCCCCC/C=C\CCCCCCCCCCCCCCOC(=O)CCCCCCCCCCCCCCC. The van der Waals surface area contributed by atoms with Crippen LogP contribution in [0.1, 0.15) is 328 Å². The predicted octanol–water partition coefficient (Wildman–Crippen LogP) is 17.0. The highest BCUT2D eigenvalue weighted by molar-refractivity contribution is 5.76. The maximum Gasteiger partial charge on any atom is 0.305 e. The van der Waals surface area contributed by atoms with Crippen molar-refractivity contribution in [3.63, 3.8) is 0 Å². The Bertz CT molecular complexity index is 1420. The number of aliphatic hydroxyl groups excluding tert-OH is 5. The molecule has 0 radical (unpaired) electrons. The van der Waals surface area contributed by atoms with E-state index in [9.17, 15) is 35.1 Å². The van der Waals surface area contributed by atoms with Crippen molar-refractivity contribution in [3.05, 3.63) is 36.5 Å². The Morgan fingerprint density at radius 1 is 0.450 bits per heavy atom. The first-order valence-corrected chi connectivity index (χ1v) is 34.3. The first-order valence-electron chi connectivity index (χ1n) is 34.3. The van der Waals surface area contributed by atoms with Gasteiger partial charge in [-0.15, -0.1) is 0 Å². The van der Waals surface area contributed by atoms with Gasteiger partial charge in [0.15, 0.2) is 6.29 Å². The summed E-state index contributed by atoms with van der Waals surface area (Å²) in [6.45, 7) is 4.30. The van der Waals surface area contributed by atoms with Crippen molar-refractivity contribution >= 4 is 11.9 Å². The number of amides is 1. The average molecular weight is 1130 g/mol. The molecule has 1 amide bonds. The Balaban J connectivity index is 1.93. The minimum Gasteiger partial charge on any atom is -0.466 e. The number of esters is 1. The number of carbonyl (C=O) groups excluding carboxylic acids is 2. The summed E-state index contributed by atoms with van der Waals surface area (Å²) in [5, 5.41) is 54.2. The van der Waals surface area contributed by atoms with Gasteiger partial charge in [-0.3, -0.25) is 9.59 Å². The second-order valence-electron chi connectivity index (χ2n) is 23.9. The first-order chi connectivity index (χ1) is 39.2. The van der Waals surface area contributed by atoms with Gasteiger partial charge in [-0.25, -0.2) is 0 Å². The highest BCUT2D eigenvalue weighted by atomic mass is 16.7. The van der Waals surface area contributed by atoms with Gasteiger partial charge in [0.05, 0.1) is 32.0 Å². The van der Waals surface area contributed by atoms with Crippen molar-refractivity contribution in [2.24, 2.45) is 0 Å². The Morgan fingerprint density at radius 3 is 1.26 bits per heavy atom. The van der Waals surface area contributed by atoms with Gasteiger partial charge in [0, 0.05) is 12.8 Å². The summed E-state index contributed by atoms with van der Waals surface area (Å²) in [7, 11) is 0. The number of ether oxygens (including phenoxy) is 3. The van der Waals surface area contributed by atoms with E-state index in [1.165, 1.54) is 250 Å². The van der Waals surface area contributed by atoms with Gasteiger partial charge in [-0.2, -0.15) is 0 Å². The number of aliphatic hydroxyl groups is 5. The predicted molar refractivity (Wildman–Crippen MR) is 334 cm³/mol. The molecule has 6 N–H and O–H groups in total. The molecule has 0 aromatic rings. The lowest BCUT2D eigenvalue weighted by atomic mass is 9.99. The van der Waals surface area contributed by atoms with Crippen molar-refractivity contribution in [2.45, 2.75) is 371 Å². The Labute approximate surface area is 492 Å². The van der Waals surface area contributed by atoms with Crippen LogP contribution in [0.15, 0.2) is 36.5 Å². The molecular weight excluding hydrogens is 1000 g/mol. The summed E-state index contributed by atoms with van der Waals surface area (Å²) < 4.78 is 16.7. The monoisotopic (exact) mass is 1130 g/mol. The third kappa shape index (κ3) is 47.3. The van der Waals surface area contributed by atoms with Crippen LogP contribution in [-0.2, 0) is 23.8 Å². The quantitative estimate of drug-likeness (QED) is 0.0195. The third-order valence-corrected chi connectivity index (χ3v) is 16.2. The van der Waals surface area contributed by atoms with Crippen LogP contribution in [0.4, 0.5) is 0 Å². The molecule has 0 aromatic heterocycles. The van der Waals surface area contributed by atoms with E-state index in [1.807, 2.05) is 6.08 Å². The molecule has 1 aliphatic rings. The lowest BCUT2D eigenvalue weighted by molar-refractivity contribution is -0.302. The highest BCUT2D eigenvalue weighted by Crippen LogP contribution is 2.23. The highest BCUT2D eigenvalue weighted by Gasteiger charge is 2.44. The normalized spacial score (nSPS) is 18.5. The molecule has 80 heavy (non-hydrogen) atoms. The van der Waals surface area contributed by atoms with Crippen molar-refractivity contribution < 1.29 is 49.3 Å². The second-order valence-corrected chi connectivity index (χ2v) is 23.9. The lowest BCUT2D eigenvalue weighted by Crippen LogP contribution is -2.60. The molecule has 11 nitrogen and oxygen atoms in total. The van der Waals surface area contributed by atoms with Crippen LogP contribution in [0, 0.1) is 0 Å². The Hall–Kier alpha value is -2.12. The molecule has 0 saturated carbocycles. The van der Waals surface area contributed by atoms with E-state index in [-0.39, 0.29) is 18.5 Å². The van der Waals surface area contributed by atoms with Gasteiger partial charge in [-0.1, -0.05) is 281 Å². The summed E-state index contributed by atoms with van der Waals surface area (Å²) in [5.74, 6) is -0.182. The maximum atomic E-state index is 13.0. The molecule has 1 rings (SSSR count). The van der Waals surface area contributed by atoms with Crippen LogP contribution in [0.3, 0.4) is 0 Å². The zero-order valence-electron chi connectivity index (χ0n) is 52.1. The molecular formula is C69H129NO10. The Morgan fingerprint density at radius 2 is 0.812 bits per heavy atom. The number of allylic oxidation sites excluding steroid dienone is 5. The number of hydrogen-bond donors (Lipinski definition) is 6. The molecule has 0 aromatic carbocycles. The van der Waals surface area contributed by atoms with Crippen molar-refractivity contribution in [3.8, 4) is 0 Å². The minimum absolute atomic E-state index is 0.0102. The van der Waals surface area contributed by atoms with Crippen LogP contribution in [0.2, 0.25) is 0 Å². The zero-order valence-corrected chi connectivity index (χ0v) is 52.1. The molecule has 0 spiro atoms. The van der Waals surface area contributed by atoms with Crippen molar-refractivity contribution in [2.75, 3.05) is 19.8 Å². The van der Waals surface area contributed by atoms with Gasteiger partial charge in [0.2, 0.25) is 5.91 Å². The largest absolute Gasteiger partial charge is 0.466 e. The molecule has 7 unspecified atom stereocenters. The van der Waals surface area contributed by atoms with E-state index in [0.717, 1.165) is 51.4 Å². The zero-order chi connectivity index (χ0) is 58.0. The van der Waals surface area contributed by atoms with E-state index in [4.69, 9.17) is 14.2 Å². The van der Waals surface area contributed by atoms with Crippen LogP contribution in [0.25, 0.3) is 0 Å². The van der Waals surface area contributed by atoms with Crippen LogP contribution < -0.4 is 5.32 Å². The van der Waals surface area contributed by atoms with E-state index in [0.29, 0.717) is 19.4 Å². The molecule has 1 fully saturated rings. The summed E-state index contributed by atoms with van der Waals surface area (Å²) in [6, 6.07) is -0.825. The Kier molecular flexibility index (Phi) is 55.6. The van der Waals surface area contributed by atoms with Gasteiger partial charge >= 0.3 is 5.97 Å². The van der Waals surface area contributed by atoms with Gasteiger partial charge in [0.1, 0.15) is 24.4 Å². The fourth-order valence-corrected chi connectivity index (χ4v) is 10.8. The van der Waals surface area contributed by atoms with E-state index in [2.05, 4.69) is 43.5 Å². The summed E-state index contributed by atoms with van der Waals surface area (Å²) in [5.41, 5.74) is 0. The fraction of sp³-hybridized carbons (Fsp3) is 0.884. The van der Waals surface area contributed by atoms with E-state index >= 15 is 0 Å². The molecule has 11 heteroatoms. The molecule has 1 aliphatic heterocycles. The summed E-state index contributed by atoms with van der Waals surface area (Å²) in [6.07, 6.45) is 64.4. The number of nitrogens with one attached hydrogen (secondary N) is 1. The van der Waals surface area contributed by atoms with Crippen LogP contribution in [-0.4, -0.2) is 100 Å². The van der Waals surface area contributed by atoms with Crippen LogP contribution >= 0.6 is 0 Å². The lowest BCUT2D eigenvalue weighted by Gasteiger charge is -2.40. The van der Waals surface area contributed by atoms with Gasteiger partial charge in [-0.05, 0) is 70.6 Å². The second kappa shape index (κ2) is 58.6. The molecule has 0 bridgehead atoms. The van der Waals surface area contributed by atoms with E-state index in [1.54, 1.807) is 6.08 Å². The molecule has 1 saturated heterocycles. The first kappa shape index (κ1) is 75.9. The number of rotatable bonds is 60. The van der Waals surface area contributed by atoms with Crippen molar-refractivity contribution in [1.29, 1.82) is 0 Å². The summed E-state index contributed by atoms with van der Waals surface area (Å²) in [4.78, 5) is 25.1. The number of unbranched alkanes of at least 4 members (excludes halogenated alkanes) is 42. The topological polar surface area (TPSA) is 175 Å². The molecule has 7 atom stereocenters. The smallest absolute Gasteiger partial charge is 0.305 e. The third-order valence-electron chi connectivity index (χ3n) is 16.2. The number of hydrogen-bond acceptors (Lipinski definition) is 10. The molecule has 470 valence electrons. The van der Waals surface area contributed by atoms with Gasteiger partial charge in [0.25, 0.3) is 0 Å². The van der Waals surface area contributed by atoms with Gasteiger partial charge < -0.3 is 45.1 Å². The minimum atomic E-state index is -1.57. The fourth-order valence-electron chi connectivity index (χ4n) is 10.8. The molecule has 1 heterocycles. The summed E-state index contributed by atoms with van der Waals surface area (Å²) >= 11 is 0. The van der Waals surface area contributed by atoms with E-state index < -0.39 is 49.5 Å². The van der Waals surface area contributed by atoms with Crippen LogP contribution in [0.5, 0.6) is 0 Å². The number of carbonyl (C=O) groups is 2. The molecule has 0 aliphatic carbocycles. The average Bonchev–Trinajstić information content (AvgIpc) is 3.45.